The maximum Gasteiger partial charge on any atom is 0.287 e. The number of hydrogen-bond acceptors (Lipinski definition) is 5. The van der Waals surface area contributed by atoms with E-state index in [1.165, 1.54) is 12.1 Å². The van der Waals surface area contributed by atoms with Crippen molar-refractivity contribution in [3.05, 3.63) is 53.4 Å². The Kier molecular flexibility index (Phi) is 3.18. The average Bonchev–Trinajstić information content (AvgIpc) is 2.73. The van der Waals surface area contributed by atoms with E-state index in [9.17, 15) is 20.2 Å². The smallest absolute Gasteiger partial charge is 0.287 e. The van der Waals surface area contributed by atoms with Crippen molar-refractivity contribution in [3.63, 3.8) is 0 Å². The molecule has 0 saturated carbocycles. The summed E-state index contributed by atoms with van der Waals surface area (Å²) in [7, 11) is 0. The summed E-state index contributed by atoms with van der Waals surface area (Å²) in [6.45, 7) is 0. The molecule has 1 heterocycles. The first kappa shape index (κ1) is 14.0. The molecule has 0 saturated heterocycles. The Morgan fingerprint density at radius 2 is 1.19 bits per heavy atom. The molecule has 0 bridgehead atoms. The summed E-state index contributed by atoms with van der Waals surface area (Å²) < 4.78 is 6.13. The number of halogens is 2. The predicted octanol–water partition coefficient (Wildman–Crippen LogP) is 4.93. The Balaban J connectivity index is 2.40. The average molecular weight is 416 g/mol. The highest BCUT2D eigenvalue weighted by atomic mass is 79.9. The van der Waals surface area contributed by atoms with Crippen LogP contribution in [0, 0.1) is 20.2 Å². The van der Waals surface area contributed by atoms with Crippen LogP contribution in [-0.2, 0) is 0 Å². The number of furan rings is 1. The molecule has 0 aliphatic rings. The number of nitrogens with zero attached hydrogens (tertiary/aromatic N) is 2. The Bertz CT molecular complexity index is 860. The first-order valence-electron chi connectivity index (χ1n) is 5.52. The van der Waals surface area contributed by atoms with Gasteiger partial charge in [0.25, 0.3) is 11.4 Å². The molecule has 0 spiro atoms. The van der Waals surface area contributed by atoms with Crippen molar-refractivity contribution in [1.82, 2.24) is 0 Å². The lowest BCUT2D eigenvalue weighted by Gasteiger charge is -1.96. The van der Waals surface area contributed by atoms with E-state index in [1.807, 2.05) is 0 Å². The van der Waals surface area contributed by atoms with Crippen molar-refractivity contribution in [2.75, 3.05) is 0 Å². The molecule has 0 radical (unpaired) electrons. The largest absolute Gasteiger partial charge is 0.456 e. The van der Waals surface area contributed by atoms with Gasteiger partial charge >= 0.3 is 0 Å². The third-order valence-corrected chi connectivity index (χ3v) is 4.27. The Hall–Kier alpha value is -2.00. The highest BCUT2D eigenvalue weighted by molar-refractivity contribution is 9.11. The number of rotatable bonds is 2. The molecule has 0 unspecified atom stereocenters. The zero-order valence-corrected chi connectivity index (χ0v) is 13.2. The van der Waals surface area contributed by atoms with E-state index in [-0.39, 0.29) is 11.4 Å². The van der Waals surface area contributed by atoms with Gasteiger partial charge in [-0.2, -0.15) is 0 Å². The summed E-state index contributed by atoms with van der Waals surface area (Å²) in [5.41, 5.74) is 0.338. The number of benzene rings is 2. The summed E-state index contributed by atoms with van der Waals surface area (Å²) in [6.07, 6.45) is 0. The molecule has 0 amide bonds. The van der Waals surface area contributed by atoms with Crippen molar-refractivity contribution < 1.29 is 14.3 Å². The maximum absolute atomic E-state index is 10.9. The Labute approximate surface area is 133 Å². The summed E-state index contributed by atoms with van der Waals surface area (Å²) in [4.78, 5) is 20.8. The second-order valence-electron chi connectivity index (χ2n) is 4.22. The van der Waals surface area contributed by atoms with E-state index in [1.54, 1.807) is 12.1 Å². The molecule has 21 heavy (non-hydrogen) atoms. The number of hydrogen-bond donors (Lipinski definition) is 0. The van der Waals surface area contributed by atoms with Crippen LogP contribution in [0.5, 0.6) is 0 Å². The van der Waals surface area contributed by atoms with Crippen molar-refractivity contribution in [2.45, 2.75) is 0 Å². The van der Waals surface area contributed by atoms with Gasteiger partial charge in [-0.15, -0.1) is 0 Å². The molecule has 106 valence electrons. The third kappa shape index (κ3) is 2.18. The SMILES string of the molecule is O=[N+]([O-])c1cc2oc3cc([N+](=O)[O-])c(Br)cc3c2cc1Br. The van der Waals surface area contributed by atoms with Crippen molar-refractivity contribution >= 4 is 65.2 Å². The van der Waals surface area contributed by atoms with E-state index in [4.69, 9.17) is 4.42 Å². The van der Waals surface area contributed by atoms with Crippen LogP contribution in [0.25, 0.3) is 21.9 Å². The highest BCUT2D eigenvalue weighted by Gasteiger charge is 2.20. The van der Waals surface area contributed by atoms with Gasteiger partial charge in [-0.05, 0) is 44.0 Å². The first-order chi connectivity index (χ1) is 9.88. The van der Waals surface area contributed by atoms with Crippen LogP contribution in [-0.4, -0.2) is 9.85 Å². The second kappa shape index (κ2) is 4.78. The van der Waals surface area contributed by atoms with Gasteiger partial charge in [0.05, 0.1) is 30.9 Å². The zero-order valence-electron chi connectivity index (χ0n) is 10.0. The minimum atomic E-state index is -0.533. The van der Waals surface area contributed by atoms with Crippen LogP contribution in [0.15, 0.2) is 37.6 Å². The molecular formula is C12H4Br2N2O5. The van der Waals surface area contributed by atoms with E-state index < -0.39 is 9.85 Å². The summed E-state index contributed by atoms with van der Waals surface area (Å²) in [5, 5.41) is 23.1. The second-order valence-corrected chi connectivity index (χ2v) is 5.92. The minimum Gasteiger partial charge on any atom is -0.456 e. The van der Waals surface area contributed by atoms with Gasteiger partial charge < -0.3 is 4.42 Å². The van der Waals surface area contributed by atoms with E-state index in [0.29, 0.717) is 30.9 Å². The number of fused-ring (bicyclic) bond motifs is 3. The Morgan fingerprint density at radius 1 is 0.810 bits per heavy atom. The topological polar surface area (TPSA) is 99.4 Å². The third-order valence-electron chi connectivity index (χ3n) is 3.00. The van der Waals surface area contributed by atoms with Crippen LogP contribution in [0.2, 0.25) is 0 Å². The lowest BCUT2D eigenvalue weighted by atomic mass is 10.1. The van der Waals surface area contributed by atoms with Gasteiger partial charge in [-0.3, -0.25) is 20.2 Å². The minimum absolute atomic E-state index is 0.130. The molecular weight excluding hydrogens is 412 g/mol. The summed E-state index contributed by atoms with van der Waals surface area (Å²) >= 11 is 6.28. The molecule has 3 rings (SSSR count). The molecule has 0 fully saturated rings. The molecule has 1 aromatic heterocycles. The van der Waals surface area contributed by atoms with Crippen molar-refractivity contribution in [1.29, 1.82) is 0 Å². The van der Waals surface area contributed by atoms with Crippen LogP contribution in [0.1, 0.15) is 0 Å². The number of nitro groups is 2. The summed E-state index contributed by atoms with van der Waals surface area (Å²) in [5.74, 6) is 0. The predicted molar refractivity (Wildman–Crippen MR) is 82.4 cm³/mol. The Morgan fingerprint density at radius 3 is 1.52 bits per heavy atom. The number of nitro benzene ring substituents is 2. The molecule has 2 aromatic carbocycles. The summed E-state index contributed by atoms with van der Waals surface area (Å²) in [6, 6.07) is 5.72. The fourth-order valence-corrected chi connectivity index (χ4v) is 3.05. The molecule has 0 N–H and O–H groups in total. The van der Waals surface area contributed by atoms with Gasteiger partial charge in [0.15, 0.2) is 0 Å². The maximum atomic E-state index is 10.9. The lowest BCUT2D eigenvalue weighted by Crippen LogP contribution is -1.89. The van der Waals surface area contributed by atoms with E-state index in [2.05, 4.69) is 31.9 Å². The molecule has 0 aliphatic heterocycles. The molecule has 3 aromatic rings. The fourth-order valence-electron chi connectivity index (χ4n) is 2.07. The lowest BCUT2D eigenvalue weighted by molar-refractivity contribution is -0.385. The van der Waals surface area contributed by atoms with Crippen molar-refractivity contribution in [2.24, 2.45) is 0 Å². The molecule has 7 nitrogen and oxygen atoms in total. The van der Waals surface area contributed by atoms with Crippen molar-refractivity contribution in [3.8, 4) is 0 Å². The van der Waals surface area contributed by atoms with Gasteiger partial charge in [-0.1, -0.05) is 0 Å². The monoisotopic (exact) mass is 414 g/mol. The van der Waals surface area contributed by atoms with Crippen LogP contribution in [0.4, 0.5) is 11.4 Å². The van der Waals surface area contributed by atoms with Crippen LogP contribution < -0.4 is 0 Å². The molecule has 0 aliphatic carbocycles. The van der Waals surface area contributed by atoms with Crippen LogP contribution >= 0.6 is 31.9 Å². The van der Waals surface area contributed by atoms with Crippen LogP contribution in [0.3, 0.4) is 0 Å². The standard InChI is InChI=1S/C12H4Br2N2O5/c13-7-1-5-6-2-8(14)10(16(19)20)4-12(6)21-11(5)3-9(7)15(17)18/h1-4H. The van der Waals surface area contributed by atoms with Gasteiger partial charge in [0, 0.05) is 10.8 Å². The first-order valence-corrected chi connectivity index (χ1v) is 7.11. The fraction of sp³-hybridized carbons (Fsp3) is 0. The van der Waals surface area contributed by atoms with Gasteiger partial charge in [0.1, 0.15) is 11.2 Å². The normalized spacial score (nSPS) is 11.1. The molecule has 9 heteroatoms. The van der Waals surface area contributed by atoms with Gasteiger partial charge in [-0.25, -0.2) is 0 Å². The molecule has 0 atom stereocenters. The quantitative estimate of drug-likeness (QED) is 0.436. The van der Waals surface area contributed by atoms with Gasteiger partial charge in [0.2, 0.25) is 0 Å². The van der Waals surface area contributed by atoms with E-state index >= 15 is 0 Å². The highest BCUT2D eigenvalue weighted by Crippen LogP contribution is 2.39. The zero-order chi connectivity index (χ0) is 15.3. The van der Waals surface area contributed by atoms with E-state index in [0.717, 1.165) is 0 Å².